The quantitative estimate of drug-likeness (QED) is 0.230. The van der Waals surface area contributed by atoms with Crippen molar-refractivity contribution >= 4 is 11.6 Å². The Morgan fingerprint density at radius 2 is 1.40 bits per heavy atom. The molecule has 0 amide bonds. The van der Waals surface area contributed by atoms with E-state index in [1.165, 1.54) is 6.33 Å². The van der Waals surface area contributed by atoms with Gasteiger partial charge in [0.15, 0.2) is 11.6 Å². The van der Waals surface area contributed by atoms with Crippen LogP contribution in [0.15, 0.2) is 86.1 Å². The molecule has 4 aromatic heterocycles. The van der Waals surface area contributed by atoms with Gasteiger partial charge in [-0.2, -0.15) is 15.3 Å². The molecule has 10 nitrogen and oxygen atoms in total. The first kappa shape index (κ1) is 22.1. The number of rotatable bonds is 10. The van der Waals surface area contributed by atoms with E-state index in [0.717, 1.165) is 16.7 Å². The Balaban J connectivity index is 1.35. The molecule has 0 aliphatic carbocycles. The predicted octanol–water partition coefficient (Wildman–Crippen LogP) is 2.67. The number of carbonyl (C=O) groups excluding carboxylic acids is 2. The second-order valence-electron chi connectivity index (χ2n) is 8.11. The summed E-state index contributed by atoms with van der Waals surface area (Å²) in [5.41, 5.74) is 3.41. The van der Waals surface area contributed by atoms with Gasteiger partial charge in [0, 0.05) is 36.5 Å². The summed E-state index contributed by atoms with van der Waals surface area (Å²) in [5.74, 6) is -0.593. The molecular formula is C25H22N8O2. The van der Waals surface area contributed by atoms with Crippen molar-refractivity contribution in [2.24, 2.45) is 0 Å². The minimum atomic E-state index is -0.332. The summed E-state index contributed by atoms with van der Waals surface area (Å²) in [5, 5.41) is 12.6. The van der Waals surface area contributed by atoms with Crippen LogP contribution in [0.25, 0.3) is 0 Å². The van der Waals surface area contributed by atoms with E-state index in [0.29, 0.717) is 25.2 Å². The van der Waals surface area contributed by atoms with E-state index >= 15 is 0 Å². The molecule has 0 N–H and O–H groups in total. The molecule has 1 aromatic carbocycles. The molecule has 0 bridgehead atoms. The number of ketones is 2. The molecule has 35 heavy (non-hydrogen) atoms. The lowest BCUT2D eigenvalue weighted by molar-refractivity contribution is 0.0891. The third-order valence-corrected chi connectivity index (χ3v) is 5.42. The van der Waals surface area contributed by atoms with Gasteiger partial charge in [-0.1, -0.05) is 6.07 Å². The number of carbonyl (C=O) groups is 2. The highest BCUT2D eigenvalue weighted by Crippen LogP contribution is 2.16. The van der Waals surface area contributed by atoms with Crippen molar-refractivity contribution in [2.45, 2.75) is 26.1 Å². The second kappa shape index (κ2) is 10.0. The van der Waals surface area contributed by atoms with Gasteiger partial charge in [0.1, 0.15) is 18.3 Å². The van der Waals surface area contributed by atoms with Crippen LogP contribution in [0.1, 0.15) is 44.0 Å². The van der Waals surface area contributed by atoms with Crippen molar-refractivity contribution in [1.82, 2.24) is 39.3 Å². The maximum Gasteiger partial charge on any atom is 0.188 e. The smallest absolute Gasteiger partial charge is 0.188 e. The van der Waals surface area contributed by atoms with Crippen LogP contribution < -0.4 is 0 Å². The molecule has 10 heteroatoms. The van der Waals surface area contributed by atoms with Crippen molar-refractivity contribution < 1.29 is 9.59 Å². The SMILES string of the molecule is O=C(CC(=O)c1cc(Cn2cncn2)ccn1)c1cc(Cn2cccn2)cc(Cn2cccn2)c1. The lowest BCUT2D eigenvalue weighted by Gasteiger charge is -2.10. The Morgan fingerprint density at radius 1 is 0.714 bits per heavy atom. The number of benzene rings is 1. The van der Waals surface area contributed by atoms with Crippen LogP contribution in [-0.2, 0) is 19.6 Å². The molecule has 5 rings (SSSR count). The summed E-state index contributed by atoms with van der Waals surface area (Å²) in [6.45, 7) is 1.49. The summed E-state index contributed by atoms with van der Waals surface area (Å²) < 4.78 is 5.23. The Kier molecular flexibility index (Phi) is 6.33. The Labute approximate surface area is 200 Å². The maximum absolute atomic E-state index is 13.2. The number of pyridine rings is 1. The largest absolute Gasteiger partial charge is 0.294 e. The number of hydrogen-bond acceptors (Lipinski definition) is 7. The standard InChI is InChI=1S/C25H22N8O2/c34-24(13-25(35)23-12-19(3-6-27-23)14-33-18-26-17-30-33)22-10-20(15-31-7-1-4-28-31)9-21(11-22)16-32-8-2-5-29-32/h1-12,17-18H,13-16H2. The van der Waals surface area contributed by atoms with Crippen LogP contribution in [-0.4, -0.2) is 50.9 Å². The first-order chi connectivity index (χ1) is 17.1. The van der Waals surface area contributed by atoms with E-state index in [-0.39, 0.29) is 23.7 Å². The summed E-state index contributed by atoms with van der Waals surface area (Å²) >= 11 is 0. The van der Waals surface area contributed by atoms with Gasteiger partial charge in [-0.15, -0.1) is 0 Å². The normalized spacial score (nSPS) is 11.0. The molecule has 5 aromatic rings. The zero-order chi connectivity index (χ0) is 24.0. The Bertz CT molecular complexity index is 1370. The van der Waals surface area contributed by atoms with Gasteiger partial charge in [0.05, 0.1) is 26.1 Å². The molecule has 174 valence electrons. The number of nitrogens with zero attached hydrogens (tertiary/aromatic N) is 8. The van der Waals surface area contributed by atoms with Gasteiger partial charge in [-0.25, -0.2) is 9.67 Å². The van der Waals surface area contributed by atoms with Gasteiger partial charge >= 0.3 is 0 Å². The average Bonchev–Trinajstić information content (AvgIpc) is 3.64. The molecular weight excluding hydrogens is 444 g/mol. The van der Waals surface area contributed by atoms with Gasteiger partial charge in [-0.05, 0) is 53.1 Å². The van der Waals surface area contributed by atoms with Gasteiger partial charge in [0.25, 0.3) is 0 Å². The molecule has 0 aliphatic rings. The fourth-order valence-corrected chi connectivity index (χ4v) is 3.83. The van der Waals surface area contributed by atoms with Gasteiger partial charge < -0.3 is 0 Å². The molecule has 0 saturated carbocycles. The van der Waals surface area contributed by atoms with E-state index in [2.05, 4.69) is 25.3 Å². The van der Waals surface area contributed by atoms with Crippen LogP contribution in [0.4, 0.5) is 0 Å². The van der Waals surface area contributed by atoms with Crippen molar-refractivity contribution in [1.29, 1.82) is 0 Å². The fraction of sp³-hybridized carbons (Fsp3) is 0.160. The third-order valence-electron chi connectivity index (χ3n) is 5.42. The molecule has 0 radical (unpaired) electrons. The predicted molar refractivity (Wildman–Crippen MR) is 126 cm³/mol. The lowest BCUT2D eigenvalue weighted by atomic mass is 9.98. The average molecular weight is 467 g/mol. The number of hydrogen-bond donors (Lipinski definition) is 0. The highest BCUT2D eigenvalue weighted by molar-refractivity contribution is 6.13. The minimum absolute atomic E-state index is 0.250. The van der Waals surface area contributed by atoms with Gasteiger partial charge in [-0.3, -0.25) is 23.9 Å². The molecule has 0 saturated heterocycles. The van der Waals surface area contributed by atoms with Crippen LogP contribution in [0.2, 0.25) is 0 Å². The highest BCUT2D eigenvalue weighted by Gasteiger charge is 2.17. The van der Waals surface area contributed by atoms with E-state index < -0.39 is 0 Å². The monoisotopic (exact) mass is 466 g/mol. The zero-order valence-corrected chi connectivity index (χ0v) is 18.8. The van der Waals surface area contributed by atoms with Gasteiger partial charge in [0.2, 0.25) is 0 Å². The topological polar surface area (TPSA) is 113 Å². The Morgan fingerprint density at radius 3 is 2.00 bits per heavy atom. The van der Waals surface area contributed by atoms with Crippen molar-refractivity contribution in [2.75, 3.05) is 0 Å². The first-order valence-corrected chi connectivity index (χ1v) is 11.0. The first-order valence-electron chi connectivity index (χ1n) is 11.0. The van der Waals surface area contributed by atoms with Crippen molar-refractivity contribution in [3.05, 3.63) is 114 Å². The summed E-state index contributed by atoms with van der Waals surface area (Å²) in [4.78, 5) is 34.2. The van der Waals surface area contributed by atoms with E-state index in [1.807, 2.05) is 42.7 Å². The zero-order valence-electron chi connectivity index (χ0n) is 18.8. The lowest BCUT2D eigenvalue weighted by Crippen LogP contribution is -2.13. The summed E-state index contributed by atoms with van der Waals surface area (Å²) in [7, 11) is 0. The van der Waals surface area contributed by atoms with Crippen LogP contribution in [0.5, 0.6) is 0 Å². The van der Waals surface area contributed by atoms with Crippen LogP contribution in [0, 0.1) is 0 Å². The van der Waals surface area contributed by atoms with E-state index in [4.69, 9.17) is 0 Å². The second-order valence-corrected chi connectivity index (χ2v) is 8.11. The molecule has 4 heterocycles. The van der Waals surface area contributed by atoms with E-state index in [1.54, 1.807) is 51.1 Å². The van der Waals surface area contributed by atoms with Crippen LogP contribution >= 0.6 is 0 Å². The summed E-state index contributed by atoms with van der Waals surface area (Å²) in [6.07, 6.45) is 11.5. The molecule has 0 atom stereocenters. The highest BCUT2D eigenvalue weighted by atomic mass is 16.1. The number of aromatic nitrogens is 8. The molecule has 0 spiro atoms. The summed E-state index contributed by atoms with van der Waals surface area (Å²) in [6, 6.07) is 12.9. The Hall–Kier alpha value is -4.73. The molecule has 0 aliphatic heterocycles. The maximum atomic E-state index is 13.2. The fourth-order valence-electron chi connectivity index (χ4n) is 3.83. The molecule has 0 unspecified atom stereocenters. The van der Waals surface area contributed by atoms with Crippen molar-refractivity contribution in [3.63, 3.8) is 0 Å². The number of Topliss-reactive ketones (excluding diaryl/α,β-unsaturated/α-hetero) is 2. The van der Waals surface area contributed by atoms with Crippen molar-refractivity contribution in [3.8, 4) is 0 Å². The minimum Gasteiger partial charge on any atom is -0.294 e. The van der Waals surface area contributed by atoms with Crippen LogP contribution in [0.3, 0.4) is 0 Å². The molecule has 0 fully saturated rings. The van der Waals surface area contributed by atoms with E-state index in [9.17, 15) is 9.59 Å². The third kappa shape index (κ3) is 5.61.